The second kappa shape index (κ2) is 6.34. The fraction of sp³-hybridized carbons (Fsp3) is 0.500. The fourth-order valence-electron chi connectivity index (χ4n) is 2.09. The van der Waals surface area contributed by atoms with Gasteiger partial charge in [-0.25, -0.2) is 0 Å². The maximum atomic E-state index is 9.64. The van der Waals surface area contributed by atoms with Crippen molar-refractivity contribution in [2.75, 3.05) is 13.7 Å². The van der Waals surface area contributed by atoms with Crippen LogP contribution < -0.4 is 10.1 Å². The molecular formula is C12H17Cl2NO2. The zero-order valence-electron chi connectivity index (χ0n) is 9.70. The van der Waals surface area contributed by atoms with Crippen LogP contribution in [0.25, 0.3) is 0 Å². The number of piperidine rings is 1. The largest absolute Gasteiger partial charge is 0.503 e. The van der Waals surface area contributed by atoms with Crippen molar-refractivity contribution in [3.63, 3.8) is 0 Å². The molecule has 17 heavy (non-hydrogen) atoms. The Labute approximate surface area is 113 Å². The van der Waals surface area contributed by atoms with Crippen LogP contribution in [-0.2, 0) is 0 Å². The minimum Gasteiger partial charge on any atom is -0.503 e. The van der Waals surface area contributed by atoms with Gasteiger partial charge in [-0.3, -0.25) is 0 Å². The number of halogens is 2. The summed E-state index contributed by atoms with van der Waals surface area (Å²) in [6.07, 6.45) is 3.54. The average Bonchev–Trinajstić information content (AvgIpc) is 2.33. The lowest BCUT2D eigenvalue weighted by atomic mass is 9.97. The standard InChI is InChI=1S/C12H16ClNO2.ClH/c1-16-11-7-8(6-9(13)12(11)15)10-4-2-3-5-14-10;/h6-7,10,14-15H,2-5H2,1H3;1H/t10-;/m0./s1. The van der Waals surface area contributed by atoms with Gasteiger partial charge in [0.1, 0.15) is 0 Å². The highest BCUT2D eigenvalue weighted by atomic mass is 35.5. The van der Waals surface area contributed by atoms with E-state index in [9.17, 15) is 5.11 Å². The molecule has 3 nitrogen and oxygen atoms in total. The molecule has 0 bridgehead atoms. The molecule has 1 fully saturated rings. The maximum Gasteiger partial charge on any atom is 0.176 e. The van der Waals surface area contributed by atoms with Crippen molar-refractivity contribution >= 4 is 24.0 Å². The lowest BCUT2D eigenvalue weighted by molar-refractivity contribution is 0.369. The molecule has 1 heterocycles. The Morgan fingerprint density at radius 2 is 2.18 bits per heavy atom. The predicted molar refractivity (Wildman–Crippen MR) is 71.5 cm³/mol. The van der Waals surface area contributed by atoms with E-state index in [1.165, 1.54) is 20.0 Å². The van der Waals surface area contributed by atoms with E-state index in [0.717, 1.165) is 18.5 Å². The number of phenolic OH excluding ortho intramolecular Hbond substituents is 1. The van der Waals surface area contributed by atoms with Crippen LogP contribution in [0, 0.1) is 0 Å². The summed E-state index contributed by atoms with van der Waals surface area (Å²) in [7, 11) is 1.53. The molecule has 1 saturated heterocycles. The van der Waals surface area contributed by atoms with Gasteiger partial charge in [-0.2, -0.15) is 0 Å². The first-order valence-electron chi connectivity index (χ1n) is 5.52. The summed E-state index contributed by atoms with van der Waals surface area (Å²) in [4.78, 5) is 0. The number of ether oxygens (including phenoxy) is 1. The van der Waals surface area contributed by atoms with Crippen molar-refractivity contribution in [1.82, 2.24) is 5.32 Å². The zero-order chi connectivity index (χ0) is 11.5. The van der Waals surface area contributed by atoms with Crippen LogP contribution in [0.2, 0.25) is 5.02 Å². The number of aromatic hydroxyl groups is 1. The average molecular weight is 278 g/mol. The highest BCUT2D eigenvalue weighted by molar-refractivity contribution is 6.32. The first-order chi connectivity index (χ1) is 7.72. The molecule has 0 amide bonds. The van der Waals surface area contributed by atoms with Gasteiger partial charge in [0.05, 0.1) is 12.1 Å². The number of hydrogen-bond donors (Lipinski definition) is 2. The van der Waals surface area contributed by atoms with Gasteiger partial charge in [0, 0.05) is 6.04 Å². The van der Waals surface area contributed by atoms with Gasteiger partial charge >= 0.3 is 0 Å². The first kappa shape index (κ1) is 14.4. The number of nitrogens with one attached hydrogen (secondary N) is 1. The third-order valence-corrected chi connectivity index (χ3v) is 3.27. The van der Waals surface area contributed by atoms with E-state index in [2.05, 4.69) is 5.32 Å². The number of phenols is 1. The zero-order valence-corrected chi connectivity index (χ0v) is 11.3. The van der Waals surface area contributed by atoms with E-state index in [4.69, 9.17) is 16.3 Å². The van der Waals surface area contributed by atoms with Crippen molar-refractivity contribution in [3.05, 3.63) is 22.7 Å². The van der Waals surface area contributed by atoms with Gasteiger partial charge in [0.25, 0.3) is 0 Å². The molecule has 1 aliphatic rings. The SMILES string of the molecule is COc1cc([C@@H]2CCCCN2)cc(Cl)c1O.Cl. The second-order valence-electron chi connectivity index (χ2n) is 4.06. The number of rotatable bonds is 2. The van der Waals surface area contributed by atoms with E-state index in [1.807, 2.05) is 12.1 Å². The molecule has 1 atom stereocenters. The van der Waals surface area contributed by atoms with Crippen LogP contribution in [0.3, 0.4) is 0 Å². The summed E-state index contributed by atoms with van der Waals surface area (Å²) in [6.45, 7) is 1.03. The smallest absolute Gasteiger partial charge is 0.176 e. The lowest BCUT2D eigenvalue weighted by Gasteiger charge is -2.24. The number of benzene rings is 1. The molecule has 2 N–H and O–H groups in total. The molecule has 0 unspecified atom stereocenters. The van der Waals surface area contributed by atoms with Crippen LogP contribution in [-0.4, -0.2) is 18.8 Å². The van der Waals surface area contributed by atoms with Gasteiger partial charge in [0.2, 0.25) is 0 Å². The summed E-state index contributed by atoms with van der Waals surface area (Å²) in [5.74, 6) is 0.457. The minimum absolute atomic E-state index is 0. The highest BCUT2D eigenvalue weighted by Crippen LogP contribution is 2.37. The van der Waals surface area contributed by atoms with E-state index in [0.29, 0.717) is 16.8 Å². The first-order valence-corrected chi connectivity index (χ1v) is 5.90. The molecule has 0 radical (unpaired) electrons. The van der Waals surface area contributed by atoms with Crippen LogP contribution in [0.5, 0.6) is 11.5 Å². The molecule has 1 aromatic carbocycles. The molecule has 1 aliphatic heterocycles. The Balaban J connectivity index is 0.00000144. The molecule has 2 rings (SSSR count). The van der Waals surface area contributed by atoms with Crippen LogP contribution >= 0.6 is 24.0 Å². The summed E-state index contributed by atoms with van der Waals surface area (Å²) in [5, 5.41) is 13.4. The van der Waals surface area contributed by atoms with Crippen molar-refractivity contribution in [2.24, 2.45) is 0 Å². The van der Waals surface area contributed by atoms with Crippen molar-refractivity contribution in [1.29, 1.82) is 0 Å². The van der Waals surface area contributed by atoms with Crippen LogP contribution in [0.15, 0.2) is 12.1 Å². The number of methoxy groups -OCH3 is 1. The van der Waals surface area contributed by atoms with E-state index in [1.54, 1.807) is 0 Å². The molecule has 0 aliphatic carbocycles. The Morgan fingerprint density at radius 1 is 1.41 bits per heavy atom. The molecule has 0 saturated carbocycles. The van der Waals surface area contributed by atoms with Gasteiger partial charge < -0.3 is 15.2 Å². The van der Waals surface area contributed by atoms with Gasteiger partial charge in [0.15, 0.2) is 11.5 Å². The monoisotopic (exact) mass is 277 g/mol. The van der Waals surface area contributed by atoms with E-state index in [-0.39, 0.29) is 18.2 Å². The quantitative estimate of drug-likeness (QED) is 0.872. The Kier molecular flexibility index (Phi) is 5.37. The van der Waals surface area contributed by atoms with Gasteiger partial charge in [-0.05, 0) is 37.1 Å². The molecule has 0 aromatic heterocycles. The predicted octanol–water partition coefficient (Wildman–Crippen LogP) is 3.29. The summed E-state index contributed by atoms with van der Waals surface area (Å²) < 4.78 is 5.10. The normalized spacial score (nSPS) is 19.5. The molecule has 0 spiro atoms. The van der Waals surface area contributed by atoms with E-state index < -0.39 is 0 Å². The van der Waals surface area contributed by atoms with Crippen molar-refractivity contribution in [3.8, 4) is 11.5 Å². The Morgan fingerprint density at radius 3 is 2.76 bits per heavy atom. The molecule has 96 valence electrons. The van der Waals surface area contributed by atoms with Crippen molar-refractivity contribution in [2.45, 2.75) is 25.3 Å². The van der Waals surface area contributed by atoms with E-state index >= 15 is 0 Å². The lowest BCUT2D eigenvalue weighted by Crippen LogP contribution is -2.26. The summed E-state index contributed by atoms with van der Waals surface area (Å²) in [6, 6.07) is 3.98. The third-order valence-electron chi connectivity index (χ3n) is 2.98. The summed E-state index contributed by atoms with van der Waals surface area (Å²) in [5.41, 5.74) is 1.08. The summed E-state index contributed by atoms with van der Waals surface area (Å²) >= 11 is 5.96. The van der Waals surface area contributed by atoms with Crippen LogP contribution in [0.4, 0.5) is 0 Å². The van der Waals surface area contributed by atoms with Crippen molar-refractivity contribution < 1.29 is 9.84 Å². The minimum atomic E-state index is 0. The Bertz CT molecular complexity index is 379. The molecule has 1 aromatic rings. The molecule has 5 heteroatoms. The number of hydrogen-bond acceptors (Lipinski definition) is 3. The Hall–Kier alpha value is -0.640. The maximum absolute atomic E-state index is 9.64. The van der Waals surface area contributed by atoms with Crippen LogP contribution in [0.1, 0.15) is 30.9 Å². The van der Waals surface area contributed by atoms with Gasteiger partial charge in [-0.1, -0.05) is 18.0 Å². The third kappa shape index (κ3) is 3.18. The fourth-order valence-corrected chi connectivity index (χ4v) is 2.31. The second-order valence-corrected chi connectivity index (χ2v) is 4.46. The van der Waals surface area contributed by atoms with Gasteiger partial charge in [-0.15, -0.1) is 12.4 Å². The topological polar surface area (TPSA) is 41.5 Å². The highest BCUT2D eigenvalue weighted by Gasteiger charge is 2.18. The molecular weight excluding hydrogens is 261 g/mol.